The predicted molar refractivity (Wildman–Crippen MR) is 328 cm³/mol. The number of H-pyrrole nitrogens is 3. The molecule has 0 fully saturated rings. The number of aromatic carboxylic acids is 1. The molecule has 0 saturated heterocycles. The zero-order valence-corrected chi connectivity index (χ0v) is 54.3. The number of carboxylic acids is 1. The van der Waals surface area contributed by atoms with Crippen LogP contribution in [0.5, 0.6) is 0 Å². The SMILES string of the molecule is C.CCOC(=O)c1ccc(CCl)o1.CCOC(=O)c1ccc(CN)o1.CCOC(=O)c1ccc(CN=[N+]=[N-])o1.CCOC(=O)c1ccc(CNc2ncnc3nc[nH]c23)o1.Clc1ncnc2nc[nH]c12.O=C(O)c1ccc(CNc2ncnc3nc[nH]c23)o1.[Li+].[N-]=[N+]=[N-].[Na+].[OH-]. The van der Waals surface area contributed by atoms with Crippen molar-refractivity contribution < 1.29 is 124 Å². The van der Waals surface area contributed by atoms with Crippen LogP contribution in [0.4, 0.5) is 11.6 Å². The number of aromatic nitrogens is 12. The average Bonchev–Trinajstić information content (AvgIpc) is 1.78. The smallest absolute Gasteiger partial charge is 0.870 e. The molecule has 0 aromatic carbocycles. The van der Waals surface area contributed by atoms with Gasteiger partial charge in [0, 0.05) is 4.91 Å². The molecule has 41 heteroatoms. The van der Waals surface area contributed by atoms with Gasteiger partial charge in [-0.15, -0.1) is 11.6 Å². The number of nitrogens with one attached hydrogen (secondary N) is 5. The number of imidazole rings is 3. The van der Waals surface area contributed by atoms with Gasteiger partial charge in [-0.2, -0.15) is 0 Å². The first-order valence-corrected chi connectivity index (χ1v) is 27.2. The number of hydrogen-bond donors (Lipinski definition) is 7. The number of furan rings is 5. The second-order valence-corrected chi connectivity index (χ2v) is 17.1. The molecule has 0 atom stereocenters. The Kier molecular flexibility index (Phi) is 39.3. The van der Waals surface area contributed by atoms with Crippen molar-refractivity contribution in [2.75, 3.05) is 37.1 Å². The summed E-state index contributed by atoms with van der Waals surface area (Å²) < 4.78 is 44.7. The number of carboxylic acid groups (broad SMARTS) is 1. The normalized spacial score (nSPS) is 9.55. The van der Waals surface area contributed by atoms with E-state index < -0.39 is 29.8 Å². The molecule has 11 aromatic heterocycles. The van der Waals surface area contributed by atoms with Gasteiger partial charge in [0.15, 0.2) is 33.7 Å². The van der Waals surface area contributed by atoms with E-state index in [4.69, 9.17) is 91.7 Å². The number of aromatic amines is 3. The number of nitrogens with zero attached hydrogens (tertiary/aromatic N) is 15. The minimum absolute atomic E-state index is 0. The number of ether oxygens (including phenoxy) is 4. The summed E-state index contributed by atoms with van der Waals surface area (Å²) in [5, 5.41) is 18.6. The minimum atomic E-state index is -1.09. The molecule has 9 N–H and O–H groups in total. The number of hydrogen-bond acceptors (Lipinski definition) is 28. The summed E-state index contributed by atoms with van der Waals surface area (Å²) in [5.74, 6) is 1.80. The Morgan fingerprint density at radius 1 is 0.547 bits per heavy atom. The Morgan fingerprint density at radius 2 is 0.884 bits per heavy atom. The Labute approximate surface area is 581 Å². The fraction of sp³-hybridized carbons (Fsp3) is 0.259. The molecule has 0 amide bonds. The molecule has 0 radical (unpaired) electrons. The summed E-state index contributed by atoms with van der Waals surface area (Å²) in [6.07, 6.45) is 8.82. The minimum Gasteiger partial charge on any atom is -0.870 e. The molecular formula is C54H59Cl2LiN21NaO16. The van der Waals surface area contributed by atoms with Crippen molar-refractivity contribution >= 4 is 98.2 Å². The number of carbonyl (C=O) groups is 5. The first kappa shape index (κ1) is 82.7. The number of esters is 4. The van der Waals surface area contributed by atoms with Crippen LogP contribution in [0.2, 0.25) is 5.15 Å². The van der Waals surface area contributed by atoms with Crippen LogP contribution < -0.4 is 64.8 Å². The van der Waals surface area contributed by atoms with Crippen LogP contribution in [0, 0.1) is 0 Å². The van der Waals surface area contributed by atoms with Crippen LogP contribution >= 0.6 is 23.2 Å². The first-order chi connectivity index (χ1) is 44.1. The second kappa shape index (κ2) is 45.1. The van der Waals surface area contributed by atoms with Gasteiger partial charge in [0.05, 0.1) is 77.5 Å². The Morgan fingerprint density at radius 3 is 1.24 bits per heavy atom. The van der Waals surface area contributed by atoms with Crippen molar-refractivity contribution in [3.05, 3.63) is 188 Å². The number of anilines is 2. The second-order valence-electron chi connectivity index (χ2n) is 16.5. The molecule has 0 unspecified atom stereocenters. The third kappa shape index (κ3) is 26.7. The number of halogens is 2. The molecule has 0 bridgehead atoms. The van der Waals surface area contributed by atoms with E-state index in [9.17, 15) is 24.0 Å². The summed E-state index contributed by atoms with van der Waals surface area (Å²) in [6.45, 7) is 9.31. The number of azide groups is 1. The largest absolute Gasteiger partial charge is 1.00 e. The molecule has 0 aliphatic rings. The van der Waals surface area contributed by atoms with Crippen molar-refractivity contribution in [1.82, 2.24) is 59.8 Å². The molecule has 0 aliphatic carbocycles. The topological polar surface area (TPSA) is 559 Å². The van der Waals surface area contributed by atoms with Crippen molar-refractivity contribution in [1.29, 1.82) is 0 Å². The van der Waals surface area contributed by atoms with E-state index in [2.05, 4.69) is 80.5 Å². The molecule has 492 valence electrons. The van der Waals surface area contributed by atoms with Gasteiger partial charge in [0.25, 0.3) is 0 Å². The zero-order valence-electron chi connectivity index (χ0n) is 50.8. The van der Waals surface area contributed by atoms with Crippen molar-refractivity contribution in [2.45, 2.75) is 67.2 Å². The molecule has 11 heterocycles. The molecule has 11 aromatic rings. The molecule has 95 heavy (non-hydrogen) atoms. The first-order valence-electron chi connectivity index (χ1n) is 26.3. The summed E-state index contributed by atoms with van der Waals surface area (Å²) in [6, 6.07) is 15.8. The van der Waals surface area contributed by atoms with Gasteiger partial charge in [-0.05, 0) is 93.9 Å². The predicted octanol–water partition coefficient (Wildman–Crippen LogP) is 4.71. The van der Waals surface area contributed by atoms with Crippen molar-refractivity contribution in [2.24, 2.45) is 10.8 Å². The van der Waals surface area contributed by atoms with Gasteiger partial charge in [-0.25, -0.2) is 68.8 Å². The van der Waals surface area contributed by atoms with Crippen LogP contribution in [0.1, 0.15) is 117 Å². The maximum atomic E-state index is 11.5. The number of carbonyl (C=O) groups excluding carboxylic acids is 4. The van der Waals surface area contributed by atoms with E-state index >= 15 is 0 Å². The van der Waals surface area contributed by atoms with Gasteiger partial charge < -0.3 is 94.0 Å². The van der Waals surface area contributed by atoms with Crippen molar-refractivity contribution in [3.63, 3.8) is 0 Å². The Balaban J connectivity index is 0.000000570. The molecule has 0 saturated carbocycles. The van der Waals surface area contributed by atoms with E-state index in [0.29, 0.717) is 120 Å². The Bertz CT molecular complexity index is 4120. The summed E-state index contributed by atoms with van der Waals surface area (Å²) >= 11 is 11.2. The quantitative estimate of drug-likeness (QED) is 0.00842. The fourth-order valence-corrected chi connectivity index (χ4v) is 7.01. The average molecular weight is 1360 g/mol. The standard InChI is InChI=1S/C13H13N5O3.C11H9N5O3.C8H9ClO3.C8H9N3O3.C8H11NO3.C5H3ClN4.CH4.Li.N3.Na.H2O/c1-2-20-13(19)9-4-3-8(21-9)5-14-11-10-12(16-6-15-10)18-7-17-11;17-11(18)7-2-1-6(19-7)3-12-9-8-10(14-4-13-8)16-5-15-9;1-2-11-8(10)7-4-3-6(5-9)12-7;1-2-13-8(12)7-4-3-6(14-7)5-10-11-9;1-2-11-8(10)7-4-3-6(5-9)12-7;6-4-3-5(9-1-7-3)10-2-8-4;;;1-3-2;;/h3-4,6-7H,2,5H2,1H3,(H2,14,15,16,17,18);1-2,4-5H,3H2,(H,17,18)(H2,12,13,14,15,16);3-4H,2,5H2,1H3;3-4H,2,5H2,1H3;3-4H,2,5,9H2,1H3;1-2H,(H,7,8,9,10);1H4;;;;1H2/q;;;;;;;+1;-1;+1;/p-1. The Hall–Kier alpha value is -10.3. The van der Waals surface area contributed by atoms with Crippen molar-refractivity contribution in [3.8, 4) is 0 Å². The van der Waals surface area contributed by atoms with E-state index in [1.807, 2.05) is 0 Å². The monoisotopic (exact) mass is 1360 g/mol. The van der Waals surface area contributed by atoms with Crippen LogP contribution in [0.15, 0.2) is 126 Å². The molecule has 0 spiro atoms. The van der Waals surface area contributed by atoms with E-state index in [1.165, 1.54) is 48.7 Å². The van der Waals surface area contributed by atoms with Gasteiger partial charge in [0.1, 0.15) is 64.3 Å². The zero-order chi connectivity index (χ0) is 65.9. The van der Waals surface area contributed by atoms with Gasteiger partial charge in [-0.3, -0.25) is 4.91 Å². The maximum Gasteiger partial charge on any atom is 1.00 e. The summed E-state index contributed by atoms with van der Waals surface area (Å²) in [4.78, 5) is 104. The van der Waals surface area contributed by atoms with Gasteiger partial charge in [-0.1, -0.05) is 24.1 Å². The van der Waals surface area contributed by atoms with Crippen LogP contribution in [-0.2, 0) is 51.0 Å². The van der Waals surface area contributed by atoms with E-state index in [-0.39, 0.29) is 103 Å². The van der Waals surface area contributed by atoms with Crippen LogP contribution in [0.25, 0.3) is 59.9 Å². The number of rotatable bonds is 19. The molecule has 11 rings (SSSR count). The van der Waals surface area contributed by atoms with E-state index in [0.717, 1.165) is 5.52 Å². The maximum absolute atomic E-state index is 11.5. The molecule has 37 nitrogen and oxygen atoms in total. The van der Waals surface area contributed by atoms with Crippen LogP contribution in [0.3, 0.4) is 0 Å². The number of alkyl halides is 1. The number of fused-ring (bicyclic) bond motifs is 3. The molecule has 0 aliphatic heterocycles. The van der Waals surface area contributed by atoms with Gasteiger partial charge >= 0.3 is 78.3 Å². The third-order valence-electron chi connectivity index (χ3n) is 10.5. The molecular weight excluding hydrogens is 1300 g/mol. The summed E-state index contributed by atoms with van der Waals surface area (Å²) in [5.41, 5.74) is 30.7. The fourth-order valence-electron chi connectivity index (χ4n) is 6.69. The van der Waals surface area contributed by atoms with Crippen LogP contribution in [-0.4, -0.2) is 127 Å². The van der Waals surface area contributed by atoms with Gasteiger partial charge in [0.2, 0.25) is 28.8 Å². The number of nitrogens with two attached hydrogens (primary N) is 1. The van der Waals surface area contributed by atoms with E-state index in [1.54, 1.807) is 82.6 Å². The third-order valence-corrected chi connectivity index (χ3v) is 11.1. The summed E-state index contributed by atoms with van der Waals surface area (Å²) in [7, 11) is 0.